The molecular weight excluding hydrogens is 227 g/mol. The Kier molecular flexibility index (Phi) is 3.70. The molecule has 1 aromatic heterocycles. The van der Waals surface area contributed by atoms with Crippen LogP contribution in [0.15, 0.2) is 10.9 Å². The molecule has 0 fully saturated rings. The number of rotatable bonds is 3. The van der Waals surface area contributed by atoms with Crippen LogP contribution in [0, 0.1) is 5.82 Å². The van der Waals surface area contributed by atoms with Crippen LogP contribution in [0.1, 0.15) is 17.7 Å². The van der Waals surface area contributed by atoms with Crippen LogP contribution in [0.2, 0.25) is 0 Å². The van der Waals surface area contributed by atoms with Gasteiger partial charge in [0, 0.05) is 11.6 Å². The predicted octanol–water partition coefficient (Wildman–Crippen LogP) is 1.17. The van der Waals surface area contributed by atoms with Gasteiger partial charge in [-0.2, -0.15) is 0 Å². The average Bonchev–Trinajstić information content (AvgIpc) is 2.22. The number of hydrogen-bond donors (Lipinski definition) is 1. The Balaban J connectivity index is 3.19. The summed E-state index contributed by atoms with van der Waals surface area (Å²) in [6.07, 6.45) is -3.71. The van der Waals surface area contributed by atoms with Crippen LogP contribution in [0.5, 0.6) is 0 Å². The van der Waals surface area contributed by atoms with E-state index in [1.54, 1.807) is 4.98 Å². The highest BCUT2D eigenvalue weighted by Crippen LogP contribution is 2.20. The molecule has 0 aromatic carbocycles. The lowest BCUT2D eigenvalue weighted by molar-refractivity contribution is -0.139. The molecular formula is C9H8F3NO3. The van der Waals surface area contributed by atoms with Gasteiger partial charge >= 0.3 is 5.97 Å². The number of methoxy groups -OCH3 is 1. The second kappa shape index (κ2) is 4.82. The van der Waals surface area contributed by atoms with Crippen molar-refractivity contribution in [2.45, 2.75) is 12.8 Å². The summed E-state index contributed by atoms with van der Waals surface area (Å²) in [7, 11) is 1.07. The second-order valence-electron chi connectivity index (χ2n) is 2.94. The normalized spacial score (nSPS) is 10.6. The lowest BCUT2D eigenvalue weighted by Gasteiger charge is -2.06. The minimum atomic E-state index is -3.15. The average molecular weight is 235 g/mol. The van der Waals surface area contributed by atoms with Gasteiger partial charge in [0.15, 0.2) is 5.82 Å². The van der Waals surface area contributed by atoms with Crippen molar-refractivity contribution in [3.63, 3.8) is 0 Å². The molecule has 1 rings (SSSR count). The van der Waals surface area contributed by atoms with Gasteiger partial charge in [0.05, 0.1) is 13.5 Å². The molecule has 1 heterocycles. The molecule has 7 heteroatoms. The van der Waals surface area contributed by atoms with Gasteiger partial charge in [0.25, 0.3) is 6.43 Å². The van der Waals surface area contributed by atoms with E-state index in [9.17, 15) is 22.8 Å². The Labute approximate surface area is 88.0 Å². The number of carbonyl (C=O) groups is 1. The summed E-state index contributed by atoms with van der Waals surface area (Å²) in [5.74, 6) is -2.11. The fraction of sp³-hybridized carbons (Fsp3) is 0.333. The van der Waals surface area contributed by atoms with Crippen molar-refractivity contribution in [3.8, 4) is 0 Å². The van der Waals surface area contributed by atoms with E-state index in [1.165, 1.54) is 0 Å². The number of aromatic amines is 1. The fourth-order valence-corrected chi connectivity index (χ4v) is 1.12. The van der Waals surface area contributed by atoms with Crippen LogP contribution >= 0.6 is 0 Å². The van der Waals surface area contributed by atoms with Crippen molar-refractivity contribution < 1.29 is 22.7 Å². The van der Waals surface area contributed by atoms with Gasteiger partial charge < -0.3 is 9.72 Å². The molecule has 0 spiro atoms. The molecule has 0 amide bonds. The van der Waals surface area contributed by atoms with Crippen molar-refractivity contribution in [1.29, 1.82) is 0 Å². The zero-order valence-corrected chi connectivity index (χ0v) is 8.22. The molecule has 0 unspecified atom stereocenters. The lowest BCUT2D eigenvalue weighted by Crippen LogP contribution is -2.16. The summed E-state index contributed by atoms with van der Waals surface area (Å²) in [5.41, 5.74) is -2.42. The smallest absolute Gasteiger partial charge is 0.310 e. The minimum Gasteiger partial charge on any atom is -0.469 e. The summed E-state index contributed by atoms with van der Waals surface area (Å²) in [4.78, 5) is 23.4. The molecule has 0 aliphatic rings. The number of esters is 1. The maximum Gasteiger partial charge on any atom is 0.310 e. The topological polar surface area (TPSA) is 59.2 Å². The van der Waals surface area contributed by atoms with Gasteiger partial charge in [-0.05, 0) is 0 Å². The molecule has 1 aromatic rings. The lowest BCUT2D eigenvalue weighted by atomic mass is 10.1. The van der Waals surface area contributed by atoms with Gasteiger partial charge in [0.2, 0.25) is 5.56 Å². The summed E-state index contributed by atoms with van der Waals surface area (Å²) < 4.78 is 42.1. The van der Waals surface area contributed by atoms with Crippen molar-refractivity contribution in [2.75, 3.05) is 7.11 Å². The van der Waals surface area contributed by atoms with Crippen LogP contribution in [0.4, 0.5) is 13.2 Å². The van der Waals surface area contributed by atoms with Crippen LogP contribution in [0.3, 0.4) is 0 Å². The van der Waals surface area contributed by atoms with E-state index in [-0.39, 0.29) is 0 Å². The van der Waals surface area contributed by atoms with E-state index in [4.69, 9.17) is 0 Å². The van der Waals surface area contributed by atoms with E-state index >= 15 is 0 Å². The van der Waals surface area contributed by atoms with Gasteiger partial charge in [-0.25, -0.2) is 13.2 Å². The predicted molar refractivity (Wildman–Crippen MR) is 47.7 cm³/mol. The summed E-state index contributed by atoms with van der Waals surface area (Å²) >= 11 is 0. The largest absolute Gasteiger partial charge is 0.469 e. The van der Waals surface area contributed by atoms with Crippen LogP contribution < -0.4 is 5.56 Å². The van der Waals surface area contributed by atoms with Crippen molar-refractivity contribution in [2.24, 2.45) is 0 Å². The summed E-state index contributed by atoms with van der Waals surface area (Å²) in [6, 6.07) is 0.748. The monoisotopic (exact) mass is 235 g/mol. The number of hydrogen-bond acceptors (Lipinski definition) is 3. The highest BCUT2D eigenvalue weighted by atomic mass is 19.3. The standard InChI is InChI=1S/C9H8F3NO3/c1-16-6(15)3-4-2-5(14)13-8(7(4)10)9(11)12/h2,9H,3H2,1H3,(H,13,14). The Morgan fingerprint density at radius 3 is 2.69 bits per heavy atom. The number of carbonyl (C=O) groups excluding carboxylic acids is 1. The molecule has 0 aliphatic carbocycles. The first kappa shape index (κ1) is 12.3. The van der Waals surface area contributed by atoms with Crippen LogP contribution in [0.25, 0.3) is 0 Å². The Morgan fingerprint density at radius 2 is 2.19 bits per heavy atom. The SMILES string of the molecule is COC(=O)Cc1cc(=O)[nH]c(C(F)F)c1F. The first-order valence-corrected chi connectivity index (χ1v) is 4.22. The quantitative estimate of drug-likeness (QED) is 0.800. The molecule has 0 saturated heterocycles. The third kappa shape index (κ3) is 2.62. The van der Waals surface area contributed by atoms with E-state index in [0.717, 1.165) is 13.2 Å². The molecule has 0 saturated carbocycles. The first-order chi connectivity index (χ1) is 7.45. The van der Waals surface area contributed by atoms with Crippen molar-refractivity contribution in [3.05, 3.63) is 33.5 Å². The number of aromatic nitrogens is 1. The van der Waals surface area contributed by atoms with Gasteiger partial charge in [-0.15, -0.1) is 0 Å². The van der Waals surface area contributed by atoms with Crippen LogP contribution in [-0.2, 0) is 16.0 Å². The Bertz CT molecular complexity index is 456. The van der Waals surface area contributed by atoms with E-state index < -0.39 is 41.4 Å². The van der Waals surface area contributed by atoms with Gasteiger partial charge in [-0.3, -0.25) is 9.59 Å². The van der Waals surface area contributed by atoms with Crippen molar-refractivity contribution >= 4 is 5.97 Å². The van der Waals surface area contributed by atoms with E-state index in [1.807, 2.05) is 0 Å². The third-order valence-electron chi connectivity index (χ3n) is 1.86. The first-order valence-electron chi connectivity index (χ1n) is 4.22. The number of H-pyrrole nitrogens is 1. The molecule has 1 N–H and O–H groups in total. The molecule has 0 aliphatic heterocycles. The van der Waals surface area contributed by atoms with Crippen molar-refractivity contribution in [1.82, 2.24) is 4.98 Å². The van der Waals surface area contributed by atoms with Gasteiger partial charge in [-0.1, -0.05) is 0 Å². The van der Waals surface area contributed by atoms with E-state index in [0.29, 0.717) is 0 Å². The molecule has 88 valence electrons. The molecule has 16 heavy (non-hydrogen) atoms. The maximum atomic E-state index is 13.3. The number of alkyl halides is 2. The zero-order chi connectivity index (χ0) is 12.3. The van der Waals surface area contributed by atoms with Gasteiger partial charge in [0.1, 0.15) is 5.69 Å². The highest BCUT2D eigenvalue weighted by molar-refractivity contribution is 5.72. The molecule has 4 nitrogen and oxygen atoms in total. The second-order valence-corrected chi connectivity index (χ2v) is 2.94. The number of ether oxygens (including phenoxy) is 1. The summed E-state index contributed by atoms with van der Waals surface area (Å²) in [6.45, 7) is 0. The zero-order valence-electron chi connectivity index (χ0n) is 8.22. The minimum absolute atomic E-state index is 0.411. The summed E-state index contributed by atoms with van der Waals surface area (Å²) in [5, 5.41) is 0. The molecule has 0 atom stereocenters. The highest BCUT2D eigenvalue weighted by Gasteiger charge is 2.19. The molecule has 0 bridgehead atoms. The van der Waals surface area contributed by atoms with E-state index in [2.05, 4.69) is 4.74 Å². The maximum absolute atomic E-state index is 13.3. The third-order valence-corrected chi connectivity index (χ3v) is 1.86. The Morgan fingerprint density at radius 1 is 1.56 bits per heavy atom. The number of pyridine rings is 1. The molecule has 0 radical (unpaired) electrons. The fourth-order valence-electron chi connectivity index (χ4n) is 1.12. The Hall–Kier alpha value is -1.79. The number of nitrogens with one attached hydrogen (secondary N) is 1. The van der Waals surface area contributed by atoms with Crippen LogP contribution in [-0.4, -0.2) is 18.1 Å². The number of halogens is 3.